The van der Waals surface area contributed by atoms with Crippen LogP contribution in [0.3, 0.4) is 0 Å². The summed E-state index contributed by atoms with van der Waals surface area (Å²) in [7, 11) is 0. The highest BCUT2D eigenvalue weighted by Gasteiger charge is 2.17. The zero-order chi connectivity index (χ0) is 12.1. The van der Waals surface area contributed by atoms with Gasteiger partial charge in [-0.2, -0.15) is 0 Å². The lowest BCUT2D eigenvalue weighted by atomic mass is 10.0. The number of hydrogen-bond donors (Lipinski definition) is 2. The molecule has 1 unspecified atom stereocenters. The van der Waals surface area contributed by atoms with Crippen molar-refractivity contribution in [2.24, 2.45) is 11.7 Å². The third kappa shape index (κ3) is 3.03. The van der Waals surface area contributed by atoms with E-state index in [1.54, 1.807) is 6.20 Å². The van der Waals surface area contributed by atoms with E-state index >= 15 is 0 Å². The highest BCUT2D eigenvalue weighted by Crippen LogP contribution is 2.05. The molecule has 0 aliphatic rings. The van der Waals surface area contributed by atoms with E-state index in [1.807, 2.05) is 32.9 Å². The molecule has 0 spiro atoms. The minimum atomic E-state index is -0.151. The van der Waals surface area contributed by atoms with Crippen molar-refractivity contribution < 1.29 is 4.79 Å². The summed E-state index contributed by atoms with van der Waals surface area (Å²) in [5, 5.41) is 2.90. The van der Waals surface area contributed by atoms with Crippen molar-refractivity contribution >= 4 is 5.91 Å². The lowest BCUT2D eigenvalue weighted by Crippen LogP contribution is -2.44. The van der Waals surface area contributed by atoms with Crippen molar-refractivity contribution in [3.05, 3.63) is 29.6 Å². The lowest BCUT2D eigenvalue weighted by molar-refractivity contribution is 0.0922. The van der Waals surface area contributed by atoms with Gasteiger partial charge in [-0.1, -0.05) is 19.9 Å². The molecule has 0 saturated carbocycles. The number of aryl methyl sites for hydroxylation is 1. The van der Waals surface area contributed by atoms with Crippen LogP contribution < -0.4 is 11.1 Å². The molecule has 0 aromatic carbocycles. The average molecular weight is 221 g/mol. The molecule has 0 fully saturated rings. The van der Waals surface area contributed by atoms with Gasteiger partial charge in [-0.25, -0.2) is 0 Å². The Morgan fingerprint density at radius 2 is 2.25 bits per heavy atom. The lowest BCUT2D eigenvalue weighted by Gasteiger charge is -2.20. The summed E-state index contributed by atoms with van der Waals surface area (Å²) in [6.45, 7) is 6.37. The molecule has 1 aromatic rings. The summed E-state index contributed by atoms with van der Waals surface area (Å²) >= 11 is 0. The SMILES string of the molecule is Cc1cccnc1C(=O)NC(CN)C(C)C. The predicted molar refractivity (Wildman–Crippen MR) is 64.1 cm³/mol. The Bertz CT molecular complexity index is 363. The van der Waals surface area contributed by atoms with Gasteiger partial charge in [-0.05, 0) is 24.5 Å². The van der Waals surface area contributed by atoms with Crippen molar-refractivity contribution in [3.63, 3.8) is 0 Å². The number of amides is 1. The van der Waals surface area contributed by atoms with E-state index in [1.165, 1.54) is 0 Å². The van der Waals surface area contributed by atoms with Crippen LogP contribution in [0, 0.1) is 12.8 Å². The first-order chi connectivity index (χ1) is 7.56. The Morgan fingerprint density at radius 1 is 1.56 bits per heavy atom. The molecule has 88 valence electrons. The maximum atomic E-state index is 11.9. The predicted octanol–water partition coefficient (Wildman–Crippen LogP) is 1.10. The number of aromatic nitrogens is 1. The summed E-state index contributed by atoms with van der Waals surface area (Å²) in [6.07, 6.45) is 1.62. The van der Waals surface area contributed by atoms with Crippen LogP contribution in [0.2, 0.25) is 0 Å². The Morgan fingerprint density at radius 3 is 2.75 bits per heavy atom. The fraction of sp³-hybridized carbons (Fsp3) is 0.500. The van der Waals surface area contributed by atoms with Crippen LogP contribution in [-0.2, 0) is 0 Å². The van der Waals surface area contributed by atoms with E-state index in [4.69, 9.17) is 5.73 Å². The maximum Gasteiger partial charge on any atom is 0.270 e. The molecule has 1 heterocycles. The van der Waals surface area contributed by atoms with Gasteiger partial charge in [0, 0.05) is 18.8 Å². The third-order valence-corrected chi connectivity index (χ3v) is 2.60. The largest absolute Gasteiger partial charge is 0.346 e. The highest BCUT2D eigenvalue weighted by atomic mass is 16.1. The Labute approximate surface area is 96.3 Å². The number of nitrogens with one attached hydrogen (secondary N) is 1. The topological polar surface area (TPSA) is 68.0 Å². The Hall–Kier alpha value is -1.42. The average Bonchev–Trinajstić information content (AvgIpc) is 2.25. The molecular weight excluding hydrogens is 202 g/mol. The first-order valence-corrected chi connectivity index (χ1v) is 5.48. The van der Waals surface area contributed by atoms with Crippen LogP contribution in [0.4, 0.5) is 0 Å². The first kappa shape index (κ1) is 12.6. The summed E-state index contributed by atoms with van der Waals surface area (Å²) < 4.78 is 0. The van der Waals surface area contributed by atoms with Crippen molar-refractivity contribution in [2.45, 2.75) is 26.8 Å². The van der Waals surface area contributed by atoms with Crippen molar-refractivity contribution in [3.8, 4) is 0 Å². The van der Waals surface area contributed by atoms with Gasteiger partial charge in [0.05, 0.1) is 0 Å². The highest BCUT2D eigenvalue weighted by molar-refractivity contribution is 5.93. The zero-order valence-electron chi connectivity index (χ0n) is 10.0. The summed E-state index contributed by atoms with van der Waals surface area (Å²) in [5.41, 5.74) is 6.95. The molecule has 1 aromatic heterocycles. The van der Waals surface area contributed by atoms with Crippen LogP contribution in [0.1, 0.15) is 29.9 Å². The number of carbonyl (C=O) groups excluding carboxylic acids is 1. The second-order valence-electron chi connectivity index (χ2n) is 4.23. The molecule has 0 aliphatic heterocycles. The Kier molecular flexibility index (Phi) is 4.43. The zero-order valence-corrected chi connectivity index (χ0v) is 10.0. The number of rotatable bonds is 4. The van der Waals surface area contributed by atoms with Crippen LogP contribution in [0.5, 0.6) is 0 Å². The van der Waals surface area contributed by atoms with Gasteiger partial charge in [0.25, 0.3) is 5.91 Å². The van der Waals surface area contributed by atoms with E-state index in [2.05, 4.69) is 10.3 Å². The van der Waals surface area contributed by atoms with Gasteiger partial charge < -0.3 is 11.1 Å². The van der Waals surface area contributed by atoms with Crippen LogP contribution in [0.25, 0.3) is 0 Å². The molecule has 0 radical (unpaired) electrons. The van der Waals surface area contributed by atoms with E-state index in [0.29, 0.717) is 18.2 Å². The standard InChI is InChI=1S/C12H19N3O/c1-8(2)10(7-13)15-12(16)11-9(3)5-4-6-14-11/h4-6,8,10H,7,13H2,1-3H3,(H,15,16). The quantitative estimate of drug-likeness (QED) is 0.800. The van der Waals surface area contributed by atoms with Gasteiger partial charge >= 0.3 is 0 Å². The van der Waals surface area contributed by atoms with Gasteiger partial charge in [0.2, 0.25) is 0 Å². The molecule has 16 heavy (non-hydrogen) atoms. The Balaban J connectivity index is 2.76. The summed E-state index contributed by atoms with van der Waals surface area (Å²) in [4.78, 5) is 16.0. The molecule has 0 saturated heterocycles. The number of nitrogens with two attached hydrogens (primary N) is 1. The van der Waals surface area contributed by atoms with Crippen LogP contribution >= 0.6 is 0 Å². The summed E-state index contributed by atoms with van der Waals surface area (Å²) in [5.74, 6) is 0.167. The molecule has 1 atom stereocenters. The number of nitrogens with zero attached hydrogens (tertiary/aromatic N) is 1. The van der Waals surface area contributed by atoms with Crippen LogP contribution in [-0.4, -0.2) is 23.5 Å². The van der Waals surface area contributed by atoms with Gasteiger partial charge in [0.1, 0.15) is 5.69 Å². The normalized spacial score (nSPS) is 12.6. The third-order valence-electron chi connectivity index (χ3n) is 2.60. The van der Waals surface area contributed by atoms with Crippen molar-refractivity contribution in [1.29, 1.82) is 0 Å². The molecular formula is C12H19N3O. The summed E-state index contributed by atoms with van der Waals surface area (Å²) in [6, 6.07) is 3.68. The fourth-order valence-electron chi connectivity index (χ4n) is 1.46. The second kappa shape index (κ2) is 5.61. The molecule has 0 bridgehead atoms. The fourth-order valence-corrected chi connectivity index (χ4v) is 1.46. The second-order valence-corrected chi connectivity index (χ2v) is 4.23. The molecule has 4 nitrogen and oxygen atoms in total. The van der Waals surface area contributed by atoms with Gasteiger partial charge in [0.15, 0.2) is 0 Å². The van der Waals surface area contributed by atoms with Crippen LogP contribution in [0.15, 0.2) is 18.3 Å². The van der Waals surface area contributed by atoms with E-state index < -0.39 is 0 Å². The minimum Gasteiger partial charge on any atom is -0.346 e. The maximum absolute atomic E-state index is 11.9. The molecule has 4 heteroatoms. The van der Waals surface area contributed by atoms with Crippen molar-refractivity contribution in [1.82, 2.24) is 10.3 Å². The van der Waals surface area contributed by atoms with Gasteiger partial charge in [-0.3, -0.25) is 9.78 Å². The van der Waals surface area contributed by atoms with E-state index in [-0.39, 0.29) is 11.9 Å². The van der Waals surface area contributed by atoms with E-state index in [0.717, 1.165) is 5.56 Å². The van der Waals surface area contributed by atoms with E-state index in [9.17, 15) is 4.79 Å². The number of hydrogen-bond acceptors (Lipinski definition) is 3. The monoisotopic (exact) mass is 221 g/mol. The van der Waals surface area contributed by atoms with Gasteiger partial charge in [-0.15, -0.1) is 0 Å². The number of carbonyl (C=O) groups is 1. The molecule has 1 rings (SSSR count). The minimum absolute atomic E-state index is 0.00564. The number of pyridine rings is 1. The molecule has 3 N–H and O–H groups in total. The molecule has 0 aliphatic carbocycles. The smallest absolute Gasteiger partial charge is 0.270 e. The van der Waals surface area contributed by atoms with Crippen molar-refractivity contribution in [2.75, 3.05) is 6.54 Å². The molecule has 1 amide bonds. The first-order valence-electron chi connectivity index (χ1n) is 5.48.